The van der Waals surface area contributed by atoms with Crippen LogP contribution in [0.25, 0.3) is 0 Å². The maximum Gasteiger partial charge on any atom is 0.263 e. The number of hydrogen-bond acceptors (Lipinski definition) is 5. The Morgan fingerprint density at radius 1 is 1.48 bits per heavy atom. The average molecular weight is 363 g/mol. The van der Waals surface area contributed by atoms with Gasteiger partial charge in [-0.3, -0.25) is 4.79 Å². The number of halogens is 2. The van der Waals surface area contributed by atoms with Crippen LogP contribution in [0.4, 0.5) is 0 Å². The van der Waals surface area contributed by atoms with Gasteiger partial charge in [0.15, 0.2) is 12.4 Å². The molecule has 1 amide bonds. The fourth-order valence-corrected chi connectivity index (χ4v) is 2.49. The summed E-state index contributed by atoms with van der Waals surface area (Å²) in [6.07, 6.45) is 1.11. The SMILES string of the molecule is CCCC[NH+]1NNC(NC(=O)C(C)Oc2ccc(Cl)cc2Cl)N1. The van der Waals surface area contributed by atoms with Crippen LogP contribution in [0.15, 0.2) is 18.2 Å². The van der Waals surface area contributed by atoms with E-state index in [0.717, 1.165) is 24.5 Å². The van der Waals surface area contributed by atoms with Gasteiger partial charge in [0.05, 0.1) is 5.02 Å². The molecular formula is C14H22Cl2N5O2+. The van der Waals surface area contributed by atoms with E-state index >= 15 is 0 Å². The highest BCUT2D eigenvalue weighted by Crippen LogP contribution is 2.28. The Balaban J connectivity index is 1.81. The lowest BCUT2D eigenvalue weighted by Crippen LogP contribution is -3.22. The van der Waals surface area contributed by atoms with E-state index in [1.54, 1.807) is 25.1 Å². The lowest BCUT2D eigenvalue weighted by Gasteiger charge is -2.17. The highest BCUT2D eigenvalue weighted by atomic mass is 35.5. The highest BCUT2D eigenvalue weighted by Gasteiger charge is 2.27. The van der Waals surface area contributed by atoms with Gasteiger partial charge in [-0.25, -0.2) is 0 Å². The molecule has 7 nitrogen and oxygen atoms in total. The topological polar surface area (TPSA) is 78.9 Å². The van der Waals surface area contributed by atoms with Gasteiger partial charge < -0.3 is 10.1 Å². The first-order valence-electron chi connectivity index (χ1n) is 7.55. The summed E-state index contributed by atoms with van der Waals surface area (Å²) in [6.45, 7) is 4.69. The monoisotopic (exact) mass is 362 g/mol. The summed E-state index contributed by atoms with van der Waals surface area (Å²) in [5.74, 6) is 0.152. The Morgan fingerprint density at radius 2 is 2.26 bits per heavy atom. The molecule has 5 N–H and O–H groups in total. The number of hydrogen-bond donors (Lipinski definition) is 5. The van der Waals surface area contributed by atoms with Crippen molar-refractivity contribution in [3.63, 3.8) is 0 Å². The summed E-state index contributed by atoms with van der Waals surface area (Å²) in [7, 11) is 0. The van der Waals surface area contributed by atoms with Crippen LogP contribution in [0.1, 0.15) is 26.7 Å². The molecule has 1 heterocycles. The maximum atomic E-state index is 12.2. The Morgan fingerprint density at radius 3 is 2.96 bits per heavy atom. The lowest BCUT2D eigenvalue weighted by molar-refractivity contribution is -0.978. The van der Waals surface area contributed by atoms with Crippen LogP contribution in [0.5, 0.6) is 5.75 Å². The van der Waals surface area contributed by atoms with E-state index in [1.807, 2.05) is 0 Å². The molecule has 0 aromatic heterocycles. The fraction of sp³-hybridized carbons (Fsp3) is 0.500. The van der Waals surface area contributed by atoms with Gasteiger partial charge >= 0.3 is 0 Å². The number of amides is 1. The number of quaternary nitrogens is 1. The maximum absolute atomic E-state index is 12.2. The van der Waals surface area contributed by atoms with Gasteiger partial charge in [0.2, 0.25) is 0 Å². The predicted molar refractivity (Wildman–Crippen MR) is 88.6 cm³/mol. The van der Waals surface area contributed by atoms with Crippen LogP contribution in [0.3, 0.4) is 0 Å². The molecule has 0 spiro atoms. The molecule has 23 heavy (non-hydrogen) atoms. The summed E-state index contributed by atoms with van der Waals surface area (Å²) in [5.41, 5.74) is 9.13. The lowest BCUT2D eigenvalue weighted by atomic mass is 10.3. The largest absolute Gasteiger partial charge is 0.479 e. The molecule has 3 atom stereocenters. The third kappa shape index (κ3) is 5.49. The zero-order chi connectivity index (χ0) is 16.8. The molecule has 0 saturated carbocycles. The molecule has 0 aliphatic carbocycles. The van der Waals surface area contributed by atoms with E-state index in [4.69, 9.17) is 27.9 Å². The van der Waals surface area contributed by atoms with Crippen molar-refractivity contribution in [2.24, 2.45) is 0 Å². The van der Waals surface area contributed by atoms with Crippen molar-refractivity contribution < 1.29 is 14.6 Å². The van der Waals surface area contributed by atoms with E-state index in [2.05, 4.69) is 28.6 Å². The van der Waals surface area contributed by atoms with Gasteiger partial charge in [-0.1, -0.05) is 42.1 Å². The second kappa shape index (κ2) is 8.68. The first-order chi connectivity index (χ1) is 11.0. The number of carbonyl (C=O) groups is 1. The second-order valence-corrected chi connectivity index (χ2v) is 6.12. The first-order valence-corrected chi connectivity index (χ1v) is 8.31. The zero-order valence-corrected chi connectivity index (χ0v) is 14.6. The first kappa shape index (κ1) is 18.3. The van der Waals surface area contributed by atoms with Gasteiger partial charge in [0, 0.05) is 5.02 Å². The molecule has 2 rings (SSSR count). The van der Waals surface area contributed by atoms with E-state index in [9.17, 15) is 4.79 Å². The van der Waals surface area contributed by atoms with E-state index in [-0.39, 0.29) is 12.2 Å². The molecule has 128 valence electrons. The molecule has 1 aromatic rings. The summed E-state index contributed by atoms with van der Waals surface area (Å²) < 4.78 is 5.58. The number of benzene rings is 1. The van der Waals surface area contributed by atoms with Crippen molar-refractivity contribution in [2.45, 2.75) is 39.1 Å². The zero-order valence-electron chi connectivity index (χ0n) is 13.1. The van der Waals surface area contributed by atoms with Crippen LogP contribution in [-0.2, 0) is 4.79 Å². The minimum Gasteiger partial charge on any atom is -0.479 e. The Bertz CT molecular complexity index is 546. The minimum absolute atomic E-state index is 0.264. The quantitative estimate of drug-likeness (QED) is 0.484. The number of hydrazine groups is 1. The van der Waals surface area contributed by atoms with Crippen molar-refractivity contribution in [1.29, 1.82) is 0 Å². The van der Waals surface area contributed by atoms with Crippen molar-refractivity contribution in [2.75, 3.05) is 6.54 Å². The van der Waals surface area contributed by atoms with E-state index < -0.39 is 6.10 Å². The van der Waals surface area contributed by atoms with Gasteiger partial charge in [-0.05, 0) is 31.5 Å². The molecular weight excluding hydrogens is 341 g/mol. The summed E-state index contributed by atoms with van der Waals surface area (Å²) in [5, 5.41) is 4.64. The normalized spacial score (nSPS) is 21.9. The van der Waals surface area contributed by atoms with Crippen LogP contribution in [0.2, 0.25) is 10.0 Å². The van der Waals surface area contributed by atoms with Crippen LogP contribution in [0, 0.1) is 0 Å². The Labute approximate surface area is 145 Å². The third-order valence-electron chi connectivity index (χ3n) is 3.32. The Kier molecular flexibility index (Phi) is 6.88. The molecule has 1 fully saturated rings. The molecule has 1 saturated heterocycles. The summed E-state index contributed by atoms with van der Waals surface area (Å²) >= 11 is 11.9. The molecule has 1 aliphatic rings. The van der Waals surface area contributed by atoms with Crippen LogP contribution in [-0.4, -0.2) is 24.8 Å². The molecule has 0 radical (unpaired) electrons. The predicted octanol–water partition coefficient (Wildman–Crippen LogP) is 0.373. The number of unbranched alkanes of at least 4 members (excludes halogenated alkanes) is 1. The smallest absolute Gasteiger partial charge is 0.263 e. The Hall–Kier alpha value is -1.09. The van der Waals surface area contributed by atoms with Gasteiger partial charge in [0.1, 0.15) is 12.3 Å². The van der Waals surface area contributed by atoms with Crippen molar-refractivity contribution in [3.05, 3.63) is 28.2 Å². The average Bonchev–Trinajstić information content (AvgIpc) is 2.95. The number of ether oxygens (including phenoxy) is 1. The van der Waals surface area contributed by atoms with Crippen LogP contribution < -0.4 is 31.6 Å². The van der Waals surface area contributed by atoms with Gasteiger partial charge in [-0.2, -0.15) is 10.5 Å². The van der Waals surface area contributed by atoms with Gasteiger partial charge in [0.25, 0.3) is 5.91 Å². The fourth-order valence-electron chi connectivity index (χ4n) is 2.04. The number of nitrogens with one attached hydrogen (secondary N) is 5. The molecule has 3 unspecified atom stereocenters. The van der Waals surface area contributed by atoms with E-state index in [0.29, 0.717) is 15.8 Å². The van der Waals surface area contributed by atoms with Crippen LogP contribution >= 0.6 is 23.2 Å². The van der Waals surface area contributed by atoms with Crippen molar-refractivity contribution in [3.8, 4) is 5.75 Å². The van der Waals surface area contributed by atoms with E-state index in [1.165, 1.54) is 0 Å². The highest BCUT2D eigenvalue weighted by molar-refractivity contribution is 6.35. The molecule has 0 bridgehead atoms. The number of carbonyl (C=O) groups excluding carboxylic acids is 1. The molecule has 1 aromatic carbocycles. The number of rotatable bonds is 7. The third-order valence-corrected chi connectivity index (χ3v) is 3.85. The van der Waals surface area contributed by atoms with Gasteiger partial charge in [-0.15, -0.1) is 5.43 Å². The minimum atomic E-state index is -0.697. The van der Waals surface area contributed by atoms with Crippen molar-refractivity contribution >= 4 is 29.1 Å². The standard InChI is InChI=1S/C14H21Cl2N5O2/c1-3-4-7-21-19-14(18-20-21)17-13(22)9(2)23-12-6-5-10(15)8-11(12)16/h5-6,8-9,14,18-20H,3-4,7H2,1-2H3,(H,17,22)/p+1. The molecule has 1 aliphatic heterocycles. The summed E-state index contributed by atoms with van der Waals surface area (Å²) in [4.78, 5) is 12.2. The second-order valence-electron chi connectivity index (χ2n) is 5.27. The van der Waals surface area contributed by atoms with Crippen molar-refractivity contribution in [1.82, 2.24) is 21.7 Å². The molecule has 9 heteroatoms. The summed E-state index contributed by atoms with van der Waals surface area (Å²) in [6, 6.07) is 4.87.